The summed E-state index contributed by atoms with van der Waals surface area (Å²) in [6, 6.07) is 19.9. The van der Waals surface area contributed by atoms with E-state index in [1.807, 2.05) is 0 Å². The van der Waals surface area contributed by atoms with E-state index in [9.17, 15) is 0 Å². The molecule has 1 aliphatic heterocycles. The highest BCUT2D eigenvalue weighted by atomic mass is 79.9. The molecule has 0 unspecified atom stereocenters. The Morgan fingerprint density at radius 2 is 1.85 bits per heavy atom. The summed E-state index contributed by atoms with van der Waals surface area (Å²) in [5, 5.41) is 3.85. The zero-order valence-corrected chi connectivity index (χ0v) is 21.9. The number of aryl methyl sites for hydroxylation is 1. The molecular formula is C30H32BrNO2. The predicted octanol–water partition coefficient (Wildman–Crippen LogP) is 8.30. The van der Waals surface area contributed by atoms with Gasteiger partial charge in [-0.25, -0.2) is 0 Å². The van der Waals surface area contributed by atoms with Gasteiger partial charge in [0.05, 0.1) is 17.6 Å². The molecule has 0 saturated carbocycles. The second-order valence-electron chi connectivity index (χ2n) is 9.79. The maximum atomic E-state index is 6.20. The summed E-state index contributed by atoms with van der Waals surface area (Å²) < 4.78 is 12.9. The molecule has 0 spiro atoms. The van der Waals surface area contributed by atoms with Crippen molar-refractivity contribution in [3.05, 3.63) is 99.0 Å². The first-order chi connectivity index (χ1) is 16.4. The van der Waals surface area contributed by atoms with E-state index < -0.39 is 0 Å². The highest BCUT2D eigenvalue weighted by Crippen LogP contribution is 2.51. The van der Waals surface area contributed by atoms with E-state index in [-0.39, 0.29) is 6.04 Å². The molecule has 1 heterocycles. The second kappa shape index (κ2) is 9.50. The lowest BCUT2D eigenvalue weighted by Crippen LogP contribution is -2.29. The van der Waals surface area contributed by atoms with Crippen molar-refractivity contribution in [3.8, 4) is 11.5 Å². The predicted molar refractivity (Wildman–Crippen MR) is 143 cm³/mol. The second-order valence-corrected chi connectivity index (χ2v) is 10.6. The molecule has 176 valence electrons. The van der Waals surface area contributed by atoms with Gasteiger partial charge in [0.15, 0.2) is 11.5 Å². The Kier molecular flexibility index (Phi) is 6.44. The van der Waals surface area contributed by atoms with Crippen LogP contribution in [-0.2, 0) is 6.61 Å². The van der Waals surface area contributed by atoms with Gasteiger partial charge in [0.2, 0.25) is 0 Å². The fourth-order valence-electron chi connectivity index (χ4n) is 5.20. The molecule has 0 bridgehead atoms. The molecule has 0 aromatic heterocycles. The number of rotatable bonds is 6. The van der Waals surface area contributed by atoms with Crippen molar-refractivity contribution < 1.29 is 9.47 Å². The van der Waals surface area contributed by atoms with Gasteiger partial charge in [-0.1, -0.05) is 68.0 Å². The number of fused-ring (bicyclic) bond motifs is 3. The zero-order valence-electron chi connectivity index (χ0n) is 20.3. The molecule has 0 radical (unpaired) electrons. The van der Waals surface area contributed by atoms with Crippen molar-refractivity contribution in [1.29, 1.82) is 0 Å². The van der Waals surface area contributed by atoms with Gasteiger partial charge in [-0.3, -0.25) is 0 Å². The number of hydrogen-bond donors (Lipinski definition) is 1. The van der Waals surface area contributed by atoms with Crippen LogP contribution in [0, 0.1) is 12.8 Å². The molecule has 5 rings (SSSR count). The first-order valence-electron chi connectivity index (χ1n) is 12.1. The normalized spacial score (nSPS) is 20.6. The van der Waals surface area contributed by atoms with Gasteiger partial charge in [-0.05, 0) is 81.6 Å². The van der Waals surface area contributed by atoms with Crippen LogP contribution in [0.4, 0.5) is 5.69 Å². The van der Waals surface area contributed by atoms with E-state index in [1.165, 1.54) is 27.9 Å². The van der Waals surface area contributed by atoms with Gasteiger partial charge in [0.1, 0.15) is 6.61 Å². The quantitative estimate of drug-likeness (QED) is 0.333. The Morgan fingerprint density at radius 1 is 1.06 bits per heavy atom. The third kappa shape index (κ3) is 4.36. The lowest BCUT2D eigenvalue weighted by Gasteiger charge is -2.38. The largest absolute Gasteiger partial charge is 0.493 e. The molecule has 1 N–H and O–H groups in total. The Hall–Kier alpha value is -2.72. The van der Waals surface area contributed by atoms with Gasteiger partial charge in [-0.2, -0.15) is 0 Å². The first-order valence-corrected chi connectivity index (χ1v) is 12.9. The van der Waals surface area contributed by atoms with Crippen molar-refractivity contribution in [1.82, 2.24) is 0 Å². The summed E-state index contributed by atoms with van der Waals surface area (Å²) in [5.41, 5.74) is 7.65. The molecule has 0 saturated heterocycles. The fourth-order valence-corrected chi connectivity index (χ4v) is 5.78. The van der Waals surface area contributed by atoms with Crippen LogP contribution >= 0.6 is 15.9 Å². The van der Waals surface area contributed by atoms with Gasteiger partial charge in [0, 0.05) is 11.6 Å². The molecule has 0 fully saturated rings. The van der Waals surface area contributed by atoms with Crippen LogP contribution < -0.4 is 14.8 Å². The molecular weight excluding hydrogens is 486 g/mol. The Morgan fingerprint density at radius 3 is 2.59 bits per heavy atom. The summed E-state index contributed by atoms with van der Waals surface area (Å²) in [7, 11) is 1.71. The number of allylic oxidation sites excluding steroid dienone is 2. The van der Waals surface area contributed by atoms with Gasteiger partial charge in [0.25, 0.3) is 0 Å². The van der Waals surface area contributed by atoms with Crippen LogP contribution in [0.1, 0.15) is 66.0 Å². The van der Waals surface area contributed by atoms with Crippen LogP contribution in [0.2, 0.25) is 0 Å². The average molecular weight is 518 g/mol. The number of methoxy groups -OCH3 is 1. The Bertz CT molecular complexity index is 1220. The Labute approximate surface area is 211 Å². The van der Waals surface area contributed by atoms with Crippen LogP contribution in [0.3, 0.4) is 0 Å². The van der Waals surface area contributed by atoms with Crippen LogP contribution in [-0.4, -0.2) is 7.11 Å². The molecule has 2 aliphatic rings. The van der Waals surface area contributed by atoms with Crippen molar-refractivity contribution in [3.63, 3.8) is 0 Å². The van der Waals surface area contributed by atoms with Crippen molar-refractivity contribution in [2.24, 2.45) is 5.92 Å². The molecule has 3 nitrogen and oxygen atoms in total. The molecule has 1 aliphatic carbocycles. The maximum Gasteiger partial charge on any atom is 0.175 e. The van der Waals surface area contributed by atoms with E-state index in [0.717, 1.165) is 28.0 Å². The van der Waals surface area contributed by atoms with Crippen LogP contribution in [0.25, 0.3) is 0 Å². The monoisotopic (exact) mass is 517 g/mol. The standard InChI is InChI=1S/C30H32BrNO2/c1-18(2)21-12-13-27-25(14-21)23-6-5-7-24(23)29(32-27)22-15-26(31)30(28(16-22)33-4)34-17-20-10-8-19(3)9-11-20/h5-6,8-16,18,23-24,29,32H,7,17H2,1-4H3/t23-,24+,29+/m1/s1. The van der Waals surface area contributed by atoms with Crippen LogP contribution in [0.15, 0.2) is 71.2 Å². The van der Waals surface area contributed by atoms with Gasteiger partial charge in [-0.15, -0.1) is 0 Å². The molecule has 0 amide bonds. The van der Waals surface area contributed by atoms with Crippen molar-refractivity contribution in [2.75, 3.05) is 12.4 Å². The van der Waals surface area contributed by atoms with Crippen molar-refractivity contribution >= 4 is 21.6 Å². The van der Waals surface area contributed by atoms with E-state index in [2.05, 4.69) is 109 Å². The first kappa shape index (κ1) is 23.0. The molecule has 3 atom stereocenters. The summed E-state index contributed by atoms with van der Waals surface area (Å²) >= 11 is 3.77. The number of nitrogens with one attached hydrogen (secondary N) is 1. The van der Waals surface area contributed by atoms with Crippen LogP contribution in [0.5, 0.6) is 11.5 Å². The summed E-state index contributed by atoms with van der Waals surface area (Å²) in [6.07, 6.45) is 5.80. The lowest BCUT2D eigenvalue weighted by atomic mass is 9.76. The van der Waals surface area contributed by atoms with E-state index >= 15 is 0 Å². The third-order valence-electron chi connectivity index (χ3n) is 7.17. The van der Waals surface area contributed by atoms with E-state index in [1.54, 1.807) is 7.11 Å². The molecule has 34 heavy (non-hydrogen) atoms. The maximum absolute atomic E-state index is 6.20. The highest BCUT2D eigenvalue weighted by Gasteiger charge is 2.38. The number of anilines is 1. The fraction of sp³-hybridized carbons (Fsp3) is 0.333. The summed E-state index contributed by atoms with van der Waals surface area (Å²) in [6.45, 7) is 7.11. The number of ether oxygens (including phenoxy) is 2. The number of hydrogen-bond acceptors (Lipinski definition) is 3. The van der Waals surface area contributed by atoms with E-state index in [0.29, 0.717) is 24.4 Å². The molecule has 3 aromatic carbocycles. The number of halogens is 1. The molecule has 3 aromatic rings. The minimum absolute atomic E-state index is 0.203. The van der Waals surface area contributed by atoms with Gasteiger partial charge < -0.3 is 14.8 Å². The zero-order chi connectivity index (χ0) is 23.8. The number of benzene rings is 3. The van der Waals surface area contributed by atoms with Crippen molar-refractivity contribution in [2.45, 2.75) is 51.7 Å². The average Bonchev–Trinajstić information content (AvgIpc) is 3.33. The van der Waals surface area contributed by atoms with E-state index in [4.69, 9.17) is 9.47 Å². The van der Waals surface area contributed by atoms with Gasteiger partial charge >= 0.3 is 0 Å². The topological polar surface area (TPSA) is 30.5 Å². The minimum Gasteiger partial charge on any atom is -0.493 e. The summed E-state index contributed by atoms with van der Waals surface area (Å²) in [5.74, 6) is 2.93. The third-order valence-corrected chi connectivity index (χ3v) is 7.76. The Balaban J connectivity index is 1.44. The molecule has 4 heteroatoms. The SMILES string of the molecule is COc1cc([C@@H]2Nc3ccc(C(C)C)cc3[C@@H]3C=CC[C@@H]32)cc(Br)c1OCc1ccc(C)cc1. The highest BCUT2D eigenvalue weighted by molar-refractivity contribution is 9.10. The summed E-state index contributed by atoms with van der Waals surface area (Å²) in [4.78, 5) is 0. The minimum atomic E-state index is 0.203. The smallest absolute Gasteiger partial charge is 0.175 e. The lowest BCUT2D eigenvalue weighted by molar-refractivity contribution is 0.282.